The molecular formula is C21H38O3. The summed E-state index contributed by atoms with van der Waals surface area (Å²) < 4.78 is 4.60. The lowest BCUT2D eigenvalue weighted by molar-refractivity contribution is -0.140. The van der Waals surface area contributed by atoms with E-state index < -0.39 is 0 Å². The van der Waals surface area contributed by atoms with Crippen molar-refractivity contribution in [3.05, 3.63) is 24.3 Å². The van der Waals surface area contributed by atoms with E-state index in [9.17, 15) is 9.90 Å². The van der Waals surface area contributed by atoms with Gasteiger partial charge in [0.25, 0.3) is 0 Å². The standard InChI is InChI=1S/C21H38O3/c1-3-4-17-20(22)18-15-13-11-9-7-5-6-8-10-12-14-16-19-21(23)24-2/h10,12,15,18,20,22H,3-9,11,13-14,16-17,19H2,1-2H3/b12-10-,18-15-/t20-/m1/s1. The Morgan fingerprint density at radius 3 is 2.12 bits per heavy atom. The molecule has 0 bridgehead atoms. The largest absolute Gasteiger partial charge is 0.469 e. The average Bonchev–Trinajstić information content (AvgIpc) is 2.59. The molecule has 0 amide bonds. The van der Waals surface area contributed by atoms with Gasteiger partial charge in [-0.25, -0.2) is 0 Å². The van der Waals surface area contributed by atoms with E-state index in [4.69, 9.17) is 0 Å². The van der Waals surface area contributed by atoms with Crippen LogP contribution in [0.15, 0.2) is 24.3 Å². The van der Waals surface area contributed by atoms with Gasteiger partial charge in [-0.15, -0.1) is 0 Å². The Balaban J connectivity index is 3.27. The van der Waals surface area contributed by atoms with Crippen molar-refractivity contribution in [1.82, 2.24) is 0 Å². The molecule has 1 N–H and O–H groups in total. The monoisotopic (exact) mass is 338 g/mol. The van der Waals surface area contributed by atoms with Gasteiger partial charge >= 0.3 is 5.97 Å². The third-order valence-electron chi connectivity index (χ3n) is 4.10. The zero-order valence-electron chi connectivity index (χ0n) is 15.8. The maximum atomic E-state index is 10.9. The quantitative estimate of drug-likeness (QED) is 0.222. The number of carbonyl (C=O) groups is 1. The molecule has 140 valence electrons. The molecule has 0 aliphatic rings. The van der Waals surface area contributed by atoms with Crippen LogP contribution >= 0.6 is 0 Å². The van der Waals surface area contributed by atoms with Gasteiger partial charge in [0.1, 0.15) is 0 Å². The third-order valence-corrected chi connectivity index (χ3v) is 4.10. The Morgan fingerprint density at radius 2 is 1.50 bits per heavy atom. The summed E-state index contributed by atoms with van der Waals surface area (Å²) in [6, 6.07) is 0. The molecule has 0 unspecified atom stereocenters. The van der Waals surface area contributed by atoms with Crippen LogP contribution in [0.25, 0.3) is 0 Å². The molecule has 3 nitrogen and oxygen atoms in total. The maximum Gasteiger partial charge on any atom is 0.305 e. The van der Waals surface area contributed by atoms with Crippen molar-refractivity contribution in [3.63, 3.8) is 0 Å². The molecule has 0 aromatic heterocycles. The summed E-state index contributed by atoms with van der Waals surface area (Å²) in [7, 11) is 1.44. The average molecular weight is 339 g/mol. The van der Waals surface area contributed by atoms with Crippen LogP contribution in [0.1, 0.15) is 90.4 Å². The van der Waals surface area contributed by atoms with E-state index >= 15 is 0 Å². The highest BCUT2D eigenvalue weighted by Crippen LogP contribution is 2.09. The molecule has 3 heteroatoms. The number of hydrogen-bond acceptors (Lipinski definition) is 3. The number of aliphatic hydroxyl groups excluding tert-OH is 1. The number of ether oxygens (including phenoxy) is 1. The van der Waals surface area contributed by atoms with Gasteiger partial charge in [-0.05, 0) is 44.9 Å². The molecule has 0 fully saturated rings. The molecule has 1 atom stereocenters. The molecule has 24 heavy (non-hydrogen) atoms. The first kappa shape index (κ1) is 22.9. The minimum absolute atomic E-state index is 0.117. The Bertz CT molecular complexity index is 334. The first-order valence-corrected chi connectivity index (χ1v) is 9.77. The maximum absolute atomic E-state index is 10.9. The van der Waals surface area contributed by atoms with Crippen molar-refractivity contribution in [1.29, 1.82) is 0 Å². The Hall–Kier alpha value is -1.09. The number of allylic oxidation sites excluding steroid dienone is 3. The second-order valence-corrected chi connectivity index (χ2v) is 6.42. The second-order valence-electron chi connectivity index (χ2n) is 6.42. The van der Waals surface area contributed by atoms with Crippen LogP contribution in [0.4, 0.5) is 0 Å². The molecule has 0 saturated carbocycles. The van der Waals surface area contributed by atoms with Crippen LogP contribution in [0.5, 0.6) is 0 Å². The number of methoxy groups -OCH3 is 1. The number of rotatable bonds is 16. The number of aliphatic hydroxyl groups is 1. The number of esters is 1. The zero-order chi connectivity index (χ0) is 17.9. The Kier molecular flexibility index (Phi) is 17.4. The molecule has 0 rings (SSSR count). The summed E-state index contributed by atoms with van der Waals surface area (Å²) in [5.74, 6) is -0.117. The summed E-state index contributed by atoms with van der Waals surface area (Å²) in [4.78, 5) is 10.9. The molecule has 0 heterocycles. The van der Waals surface area contributed by atoms with Crippen LogP contribution in [0.2, 0.25) is 0 Å². The predicted molar refractivity (Wildman–Crippen MR) is 102 cm³/mol. The lowest BCUT2D eigenvalue weighted by Gasteiger charge is -2.03. The van der Waals surface area contributed by atoms with Gasteiger partial charge in [0, 0.05) is 6.42 Å². The van der Waals surface area contributed by atoms with Gasteiger partial charge < -0.3 is 9.84 Å². The lowest BCUT2D eigenvalue weighted by Crippen LogP contribution is -2.00. The van der Waals surface area contributed by atoms with Crippen molar-refractivity contribution in [2.24, 2.45) is 0 Å². The molecule has 0 aliphatic carbocycles. The van der Waals surface area contributed by atoms with Crippen LogP contribution < -0.4 is 0 Å². The third kappa shape index (κ3) is 17.3. The van der Waals surface area contributed by atoms with Crippen molar-refractivity contribution in [2.75, 3.05) is 7.11 Å². The highest BCUT2D eigenvalue weighted by Gasteiger charge is 1.97. The van der Waals surface area contributed by atoms with Crippen molar-refractivity contribution >= 4 is 5.97 Å². The first-order valence-electron chi connectivity index (χ1n) is 9.77. The van der Waals surface area contributed by atoms with E-state index in [-0.39, 0.29) is 12.1 Å². The highest BCUT2D eigenvalue weighted by atomic mass is 16.5. The molecule has 0 aromatic rings. The van der Waals surface area contributed by atoms with E-state index in [0.29, 0.717) is 6.42 Å². The van der Waals surface area contributed by atoms with Crippen LogP contribution in [0, 0.1) is 0 Å². The number of hydrogen-bond donors (Lipinski definition) is 1. The first-order chi connectivity index (χ1) is 11.7. The topological polar surface area (TPSA) is 46.5 Å². The second kappa shape index (κ2) is 18.3. The minimum Gasteiger partial charge on any atom is -0.469 e. The zero-order valence-corrected chi connectivity index (χ0v) is 15.8. The van der Waals surface area contributed by atoms with Gasteiger partial charge in [-0.2, -0.15) is 0 Å². The fourth-order valence-electron chi connectivity index (χ4n) is 2.52. The van der Waals surface area contributed by atoms with E-state index in [0.717, 1.165) is 44.9 Å². The Morgan fingerprint density at radius 1 is 0.917 bits per heavy atom. The van der Waals surface area contributed by atoms with Crippen molar-refractivity contribution in [3.8, 4) is 0 Å². The Labute approximate surface area is 149 Å². The van der Waals surface area contributed by atoms with Gasteiger partial charge in [0.15, 0.2) is 0 Å². The number of unbranched alkanes of at least 4 members (excludes halogenated alkanes) is 8. The van der Waals surface area contributed by atoms with Crippen molar-refractivity contribution in [2.45, 2.75) is 96.5 Å². The SMILES string of the molecule is CCCC[C@@H](O)/C=C\CCCCCCC/C=C\CCCC(=O)OC. The van der Waals surface area contributed by atoms with E-state index in [2.05, 4.69) is 29.9 Å². The van der Waals surface area contributed by atoms with Gasteiger partial charge in [-0.3, -0.25) is 4.79 Å². The van der Waals surface area contributed by atoms with Crippen LogP contribution in [-0.2, 0) is 9.53 Å². The van der Waals surface area contributed by atoms with Crippen LogP contribution in [0.3, 0.4) is 0 Å². The summed E-state index contributed by atoms with van der Waals surface area (Å²) in [5, 5.41) is 9.68. The summed E-state index contributed by atoms with van der Waals surface area (Å²) in [6.45, 7) is 2.15. The molecule has 0 saturated heterocycles. The molecule has 0 radical (unpaired) electrons. The highest BCUT2D eigenvalue weighted by molar-refractivity contribution is 5.68. The van der Waals surface area contributed by atoms with E-state index in [1.807, 2.05) is 6.08 Å². The summed E-state index contributed by atoms with van der Waals surface area (Å²) in [6.07, 6.45) is 22.3. The minimum atomic E-state index is -0.246. The molecule has 0 aromatic carbocycles. The summed E-state index contributed by atoms with van der Waals surface area (Å²) >= 11 is 0. The lowest BCUT2D eigenvalue weighted by atomic mass is 10.1. The summed E-state index contributed by atoms with van der Waals surface area (Å²) in [5.41, 5.74) is 0. The van der Waals surface area contributed by atoms with Gasteiger partial charge in [0.05, 0.1) is 13.2 Å². The van der Waals surface area contributed by atoms with Crippen LogP contribution in [-0.4, -0.2) is 24.3 Å². The van der Waals surface area contributed by atoms with Gasteiger partial charge in [0.2, 0.25) is 0 Å². The van der Waals surface area contributed by atoms with Gasteiger partial charge in [-0.1, -0.05) is 63.3 Å². The molecule has 0 aliphatic heterocycles. The molecular weight excluding hydrogens is 300 g/mol. The van der Waals surface area contributed by atoms with Crippen molar-refractivity contribution < 1.29 is 14.6 Å². The predicted octanol–water partition coefficient (Wildman–Crippen LogP) is 5.72. The smallest absolute Gasteiger partial charge is 0.305 e. The van der Waals surface area contributed by atoms with E-state index in [1.165, 1.54) is 39.2 Å². The molecule has 0 spiro atoms. The fraction of sp³-hybridized carbons (Fsp3) is 0.762. The number of carbonyl (C=O) groups excluding carboxylic acids is 1. The fourth-order valence-corrected chi connectivity index (χ4v) is 2.52. The normalized spacial score (nSPS) is 13.0. The van der Waals surface area contributed by atoms with E-state index in [1.54, 1.807) is 0 Å².